The van der Waals surface area contributed by atoms with Crippen molar-refractivity contribution in [2.45, 2.75) is 25.3 Å². The SMILES string of the molecule is COc1ccccc1[C@H]1CC(c2cccc(Cl)c2)=NN1C(=O)CCC(=O)O. The first kappa shape index (κ1) is 18.9. The van der Waals surface area contributed by atoms with Crippen molar-refractivity contribution in [3.63, 3.8) is 0 Å². The summed E-state index contributed by atoms with van der Waals surface area (Å²) in [6.45, 7) is 0. The molecule has 6 nitrogen and oxygen atoms in total. The largest absolute Gasteiger partial charge is 0.496 e. The zero-order valence-electron chi connectivity index (χ0n) is 14.8. The molecule has 0 bridgehead atoms. The van der Waals surface area contributed by atoms with Gasteiger partial charge in [0.25, 0.3) is 0 Å². The molecule has 0 aliphatic carbocycles. The third kappa shape index (κ3) is 4.28. The Balaban J connectivity index is 1.96. The van der Waals surface area contributed by atoms with Crippen LogP contribution in [0.4, 0.5) is 0 Å². The van der Waals surface area contributed by atoms with Gasteiger partial charge in [0.1, 0.15) is 5.75 Å². The van der Waals surface area contributed by atoms with Crippen molar-refractivity contribution in [2.75, 3.05) is 7.11 Å². The van der Waals surface area contributed by atoms with Gasteiger partial charge in [-0.3, -0.25) is 9.59 Å². The van der Waals surface area contributed by atoms with Crippen molar-refractivity contribution in [1.82, 2.24) is 5.01 Å². The van der Waals surface area contributed by atoms with Crippen molar-refractivity contribution >= 4 is 29.2 Å². The number of hydrogen-bond donors (Lipinski definition) is 1. The number of benzene rings is 2. The van der Waals surface area contributed by atoms with Crippen LogP contribution < -0.4 is 4.74 Å². The average Bonchev–Trinajstić information content (AvgIpc) is 3.11. The van der Waals surface area contributed by atoms with Gasteiger partial charge in [0.2, 0.25) is 5.91 Å². The van der Waals surface area contributed by atoms with Gasteiger partial charge in [0.15, 0.2) is 0 Å². The Kier molecular flexibility index (Phi) is 5.76. The lowest BCUT2D eigenvalue weighted by atomic mass is 9.97. The van der Waals surface area contributed by atoms with E-state index in [4.69, 9.17) is 21.4 Å². The van der Waals surface area contributed by atoms with Crippen LogP contribution in [0.2, 0.25) is 5.02 Å². The molecule has 140 valence electrons. The molecule has 0 fully saturated rings. The highest BCUT2D eigenvalue weighted by Gasteiger charge is 2.34. The summed E-state index contributed by atoms with van der Waals surface area (Å²) in [5.74, 6) is -0.707. The van der Waals surface area contributed by atoms with E-state index in [0.717, 1.165) is 16.8 Å². The monoisotopic (exact) mass is 386 g/mol. The highest BCUT2D eigenvalue weighted by molar-refractivity contribution is 6.31. The topological polar surface area (TPSA) is 79.2 Å². The minimum atomic E-state index is -1.02. The number of amides is 1. The van der Waals surface area contributed by atoms with Gasteiger partial charge in [-0.1, -0.05) is 41.9 Å². The van der Waals surface area contributed by atoms with Gasteiger partial charge < -0.3 is 9.84 Å². The molecule has 3 rings (SSSR count). The number of carbonyl (C=O) groups excluding carboxylic acids is 1. The van der Waals surface area contributed by atoms with E-state index in [1.165, 1.54) is 5.01 Å². The Morgan fingerprint density at radius 3 is 2.70 bits per heavy atom. The number of carboxylic acid groups (broad SMARTS) is 1. The lowest BCUT2D eigenvalue weighted by Gasteiger charge is -2.23. The fourth-order valence-electron chi connectivity index (χ4n) is 3.10. The van der Waals surface area contributed by atoms with E-state index in [1.807, 2.05) is 36.4 Å². The van der Waals surface area contributed by atoms with Crippen LogP contribution in [-0.2, 0) is 9.59 Å². The molecule has 1 atom stereocenters. The molecule has 0 aromatic heterocycles. The van der Waals surface area contributed by atoms with E-state index in [0.29, 0.717) is 17.2 Å². The number of carboxylic acids is 1. The van der Waals surface area contributed by atoms with Gasteiger partial charge in [-0.05, 0) is 23.8 Å². The van der Waals surface area contributed by atoms with Gasteiger partial charge >= 0.3 is 5.97 Å². The Labute approximate surface area is 162 Å². The maximum absolute atomic E-state index is 12.7. The molecule has 1 heterocycles. The zero-order chi connectivity index (χ0) is 19.4. The van der Waals surface area contributed by atoms with Crippen LogP contribution in [0.1, 0.15) is 36.4 Å². The number of aliphatic carboxylic acids is 1. The molecule has 1 aliphatic heterocycles. The number of para-hydroxylation sites is 1. The van der Waals surface area contributed by atoms with Gasteiger partial charge in [-0.15, -0.1) is 0 Å². The molecule has 0 radical (unpaired) electrons. The number of halogens is 1. The number of carbonyl (C=O) groups is 2. The Morgan fingerprint density at radius 1 is 1.22 bits per heavy atom. The van der Waals surface area contributed by atoms with Crippen molar-refractivity contribution in [3.05, 3.63) is 64.7 Å². The number of methoxy groups -OCH3 is 1. The molecule has 0 saturated heterocycles. The van der Waals surface area contributed by atoms with Crippen molar-refractivity contribution < 1.29 is 19.4 Å². The molecular formula is C20H19ClN2O4. The lowest BCUT2D eigenvalue weighted by Crippen LogP contribution is -2.27. The normalized spacial score (nSPS) is 16.1. The van der Waals surface area contributed by atoms with Crippen LogP contribution in [0.5, 0.6) is 5.75 Å². The number of nitrogens with zero attached hydrogens (tertiary/aromatic N) is 2. The third-order valence-electron chi connectivity index (χ3n) is 4.37. The van der Waals surface area contributed by atoms with E-state index in [1.54, 1.807) is 19.2 Å². The second kappa shape index (κ2) is 8.22. The summed E-state index contributed by atoms with van der Waals surface area (Å²) in [5.41, 5.74) is 2.37. The third-order valence-corrected chi connectivity index (χ3v) is 4.61. The molecule has 0 saturated carbocycles. The molecule has 27 heavy (non-hydrogen) atoms. The first-order valence-corrected chi connectivity index (χ1v) is 8.87. The standard InChI is InChI=1S/C20H19ClN2O4/c1-27-18-8-3-2-7-15(18)17-12-16(13-5-4-6-14(21)11-13)22-23(17)19(24)9-10-20(25)26/h2-8,11,17H,9-10,12H2,1H3,(H,25,26)/t17-/m1/s1. The van der Waals surface area contributed by atoms with E-state index in [2.05, 4.69) is 5.10 Å². The fourth-order valence-corrected chi connectivity index (χ4v) is 3.29. The molecular weight excluding hydrogens is 368 g/mol. The first-order valence-electron chi connectivity index (χ1n) is 8.49. The molecule has 1 aliphatic rings. The van der Waals surface area contributed by atoms with Crippen LogP contribution in [0.25, 0.3) is 0 Å². The zero-order valence-corrected chi connectivity index (χ0v) is 15.5. The van der Waals surface area contributed by atoms with Crippen LogP contribution in [-0.4, -0.2) is 34.8 Å². The summed E-state index contributed by atoms with van der Waals surface area (Å²) in [7, 11) is 1.57. The highest BCUT2D eigenvalue weighted by Crippen LogP contribution is 2.38. The fraction of sp³-hybridized carbons (Fsp3) is 0.250. The Hall–Kier alpha value is -2.86. The molecule has 7 heteroatoms. The van der Waals surface area contributed by atoms with E-state index in [-0.39, 0.29) is 24.8 Å². The van der Waals surface area contributed by atoms with Crippen molar-refractivity contribution in [3.8, 4) is 5.75 Å². The second-order valence-corrected chi connectivity index (χ2v) is 6.59. The molecule has 1 amide bonds. The minimum Gasteiger partial charge on any atom is -0.496 e. The summed E-state index contributed by atoms with van der Waals surface area (Å²) in [5, 5.41) is 15.3. The second-order valence-electron chi connectivity index (χ2n) is 6.15. The quantitative estimate of drug-likeness (QED) is 0.816. The van der Waals surface area contributed by atoms with Crippen LogP contribution in [0, 0.1) is 0 Å². The molecule has 0 unspecified atom stereocenters. The van der Waals surface area contributed by atoms with E-state index < -0.39 is 5.97 Å². The van der Waals surface area contributed by atoms with Gasteiger partial charge in [-0.25, -0.2) is 5.01 Å². The minimum absolute atomic E-state index is 0.118. The number of hydrogen-bond acceptors (Lipinski definition) is 4. The first-order chi connectivity index (χ1) is 13.0. The van der Waals surface area contributed by atoms with Crippen LogP contribution in [0.3, 0.4) is 0 Å². The Morgan fingerprint density at radius 2 is 2.00 bits per heavy atom. The highest BCUT2D eigenvalue weighted by atomic mass is 35.5. The van der Waals surface area contributed by atoms with Crippen molar-refractivity contribution in [1.29, 1.82) is 0 Å². The molecule has 1 N–H and O–H groups in total. The van der Waals surface area contributed by atoms with E-state index in [9.17, 15) is 9.59 Å². The maximum Gasteiger partial charge on any atom is 0.303 e. The number of ether oxygens (including phenoxy) is 1. The van der Waals surface area contributed by atoms with Crippen molar-refractivity contribution in [2.24, 2.45) is 5.10 Å². The summed E-state index contributed by atoms with van der Waals surface area (Å²) in [6, 6.07) is 14.4. The van der Waals surface area contributed by atoms with Crippen LogP contribution >= 0.6 is 11.6 Å². The van der Waals surface area contributed by atoms with E-state index >= 15 is 0 Å². The molecule has 2 aromatic carbocycles. The maximum atomic E-state index is 12.7. The molecule has 2 aromatic rings. The summed E-state index contributed by atoms with van der Waals surface area (Å²) < 4.78 is 5.44. The molecule has 0 spiro atoms. The lowest BCUT2D eigenvalue weighted by molar-refractivity contribution is -0.141. The number of hydrazone groups is 1. The van der Waals surface area contributed by atoms with Gasteiger partial charge in [0.05, 0.1) is 25.3 Å². The summed E-state index contributed by atoms with van der Waals surface area (Å²) in [4.78, 5) is 23.5. The van der Waals surface area contributed by atoms with Gasteiger partial charge in [-0.2, -0.15) is 5.10 Å². The summed E-state index contributed by atoms with van der Waals surface area (Å²) >= 11 is 6.09. The Bertz CT molecular complexity index is 897. The predicted octanol–water partition coefficient (Wildman–Crippen LogP) is 3.89. The smallest absolute Gasteiger partial charge is 0.303 e. The number of rotatable bonds is 6. The van der Waals surface area contributed by atoms with Gasteiger partial charge in [0, 0.05) is 23.4 Å². The predicted molar refractivity (Wildman–Crippen MR) is 102 cm³/mol. The van der Waals surface area contributed by atoms with Crippen LogP contribution in [0.15, 0.2) is 53.6 Å². The average molecular weight is 387 g/mol. The summed E-state index contributed by atoms with van der Waals surface area (Å²) in [6.07, 6.45) is 0.128.